The van der Waals surface area contributed by atoms with Gasteiger partial charge in [0.2, 0.25) is 5.43 Å². The minimum absolute atomic E-state index is 0.0531. The summed E-state index contributed by atoms with van der Waals surface area (Å²) in [6, 6.07) is 1.53. The number of hydrogen-bond acceptors (Lipinski definition) is 5. The zero-order chi connectivity index (χ0) is 23.1. The first kappa shape index (κ1) is 22.1. The zero-order valence-corrected chi connectivity index (χ0v) is 15.1. The van der Waals surface area contributed by atoms with E-state index in [2.05, 4.69) is 10.1 Å². The Bertz CT molecular complexity index is 1250. The molecule has 3 aromatic rings. The van der Waals surface area contributed by atoms with Crippen LogP contribution in [0.15, 0.2) is 35.4 Å². The number of carboxylic acids is 1. The standard InChI is InChI=1S/C18H11F6N3O4/c19-17(20,21)9-3-8(4-10(5-9)18(22,23)24)11-6-13(29)15(12(28)1-2-14(30)31)27-16(11)25-7-26-27/h3-7,28H,1-2H2,(H,30,31)/b15-12-. The summed E-state index contributed by atoms with van der Waals surface area (Å²) >= 11 is 0. The molecular weight excluding hydrogens is 436 g/mol. The van der Waals surface area contributed by atoms with Gasteiger partial charge in [0.1, 0.15) is 12.1 Å². The van der Waals surface area contributed by atoms with Crippen LogP contribution in [-0.2, 0) is 17.1 Å². The highest BCUT2D eigenvalue weighted by Crippen LogP contribution is 2.38. The quantitative estimate of drug-likeness (QED) is 0.596. The molecule has 2 N–H and O–H groups in total. The lowest BCUT2D eigenvalue weighted by atomic mass is 9.99. The topological polar surface area (TPSA) is 105 Å². The molecule has 0 fully saturated rings. The third-order valence-corrected chi connectivity index (χ3v) is 4.26. The Kier molecular flexibility index (Phi) is 5.38. The fourth-order valence-corrected chi connectivity index (χ4v) is 2.89. The van der Waals surface area contributed by atoms with Crippen LogP contribution in [0.25, 0.3) is 22.5 Å². The van der Waals surface area contributed by atoms with Crippen molar-refractivity contribution in [3.05, 3.63) is 57.3 Å². The van der Waals surface area contributed by atoms with Crippen LogP contribution >= 0.6 is 0 Å². The number of aromatic nitrogens is 3. The van der Waals surface area contributed by atoms with Gasteiger partial charge in [-0.2, -0.15) is 31.4 Å². The number of carbonyl (C=O) groups is 1. The molecule has 0 saturated carbocycles. The maximum Gasteiger partial charge on any atom is 0.416 e. The molecule has 0 bridgehead atoms. The van der Waals surface area contributed by atoms with E-state index in [4.69, 9.17) is 5.11 Å². The molecule has 0 radical (unpaired) electrons. The predicted molar refractivity (Wildman–Crippen MR) is 92.8 cm³/mol. The van der Waals surface area contributed by atoms with E-state index in [1.54, 1.807) is 0 Å². The zero-order valence-electron chi connectivity index (χ0n) is 15.1. The van der Waals surface area contributed by atoms with Crippen molar-refractivity contribution >= 4 is 17.4 Å². The van der Waals surface area contributed by atoms with Gasteiger partial charge < -0.3 is 10.2 Å². The van der Waals surface area contributed by atoms with Gasteiger partial charge in [-0.25, -0.2) is 9.50 Å². The predicted octanol–water partition coefficient (Wildman–Crippen LogP) is 3.04. The van der Waals surface area contributed by atoms with Crippen molar-refractivity contribution in [1.82, 2.24) is 14.6 Å². The van der Waals surface area contributed by atoms with Crippen LogP contribution in [0.2, 0.25) is 0 Å². The second-order valence-electron chi connectivity index (χ2n) is 6.40. The van der Waals surface area contributed by atoms with E-state index in [9.17, 15) is 41.0 Å². The third-order valence-electron chi connectivity index (χ3n) is 4.26. The largest absolute Gasteiger partial charge is 0.510 e. The Balaban J connectivity index is 2.32. The molecule has 0 saturated heterocycles. The van der Waals surface area contributed by atoms with Crippen molar-refractivity contribution in [1.29, 1.82) is 0 Å². The van der Waals surface area contributed by atoms with Crippen LogP contribution in [0.3, 0.4) is 0 Å². The summed E-state index contributed by atoms with van der Waals surface area (Å²) in [6.07, 6.45) is -10.3. The molecule has 0 amide bonds. The van der Waals surface area contributed by atoms with Crippen LogP contribution in [0.4, 0.5) is 26.3 Å². The number of halogens is 6. The molecule has 2 heterocycles. The van der Waals surface area contributed by atoms with Gasteiger partial charge in [-0.15, -0.1) is 0 Å². The Hall–Kier alpha value is -3.64. The molecule has 0 aliphatic rings. The number of aliphatic carboxylic acids is 1. The molecule has 0 atom stereocenters. The van der Waals surface area contributed by atoms with Crippen molar-refractivity contribution in [2.45, 2.75) is 25.2 Å². The van der Waals surface area contributed by atoms with Crippen LogP contribution in [-0.4, -0.2) is 30.8 Å². The first-order valence-corrected chi connectivity index (χ1v) is 8.39. The van der Waals surface area contributed by atoms with Crippen LogP contribution in [0, 0.1) is 0 Å². The molecule has 13 heteroatoms. The molecule has 0 aliphatic carbocycles. The molecule has 0 unspecified atom stereocenters. The Labute approximate surface area is 167 Å². The van der Waals surface area contributed by atoms with Crippen molar-refractivity contribution in [3.8, 4) is 11.1 Å². The SMILES string of the molecule is O=C(O)CC/C(O)=c1\c(=O)cc(-c2cc(C(F)(F)F)cc(C(F)(F)F)c2)c2ncnn12. The summed E-state index contributed by atoms with van der Waals surface area (Å²) in [5.41, 5.74) is -5.43. The summed E-state index contributed by atoms with van der Waals surface area (Å²) in [5.74, 6) is -1.94. The molecule has 0 aliphatic heterocycles. The van der Waals surface area contributed by atoms with Crippen molar-refractivity contribution in [2.24, 2.45) is 0 Å². The number of carboxylic acid groups (broad SMARTS) is 1. The number of pyridine rings is 1. The second kappa shape index (κ2) is 7.56. The van der Waals surface area contributed by atoms with Crippen molar-refractivity contribution in [2.75, 3.05) is 0 Å². The summed E-state index contributed by atoms with van der Waals surface area (Å²) in [4.78, 5) is 27.0. The molecular formula is C18H11F6N3O4. The number of benzene rings is 1. The second-order valence-corrected chi connectivity index (χ2v) is 6.40. The fourth-order valence-electron chi connectivity index (χ4n) is 2.89. The minimum atomic E-state index is -5.09. The maximum atomic E-state index is 13.2. The van der Waals surface area contributed by atoms with E-state index in [-0.39, 0.29) is 17.3 Å². The molecule has 31 heavy (non-hydrogen) atoms. The fraction of sp³-hybridized carbons (Fsp3) is 0.222. The smallest absolute Gasteiger partial charge is 0.416 e. The van der Waals surface area contributed by atoms with E-state index >= 15 is 0 Å². The number of nitrogens with zero attached hydrogens (tertiary/aromatic N) is 3. The normalized spacial score (nSPS) is 13.5. The summed E-state index contributed by atoms with van der Waals surface area (Å²) in [7, 11) is 0. The van der Waals surface area contributed by atoms with Gasteiger partial charge in [-0.1, -0.05) is 0 Å². The molecule has 1 aromatic carbocycles. The van der Waals surface area contributed by atoms with Gasteiger partial charge in [0, 0.05) is 12.0 Å². The van der Waals surface area contributed by atoms with Crippen LogP contribution < -0.4 is 10.8 Å². The van der Waals surface area contributed by atoms with Gasteiger partial charge in [0.15, 0.2) is 11.0 Å². The molecule has 7 nitrogen and oxygen atoms in total. The number of hydrogen-bond donors (Lipinski definition) is 2. The molecule has 2 aromatic heterocycles. The third kappa shape index (κ3) is 4.44. The number of alkyl halides is 6. The highest BCUT2D eigenvalue weighted by Gasteiger charge is 2.37. The molecule has 164 valence electrons. The van der Waals surface area contributed by atoms with Gasteiger partial charge in [0.05, 0.1) is 17.5 Å². The van der Waals surface area contributed by atoms with E-state index < -0.39 is 64.4 Å². The first-order valence-electron chi connectivity index (χ1n) is 8.39. The number of fused-ring (bicyclic) bond motifs is 1. The Morgan fingerprint density at radius 2 is 1.52 bits per heavy atom. The minimum Gasteiger partial charge on any atom is -0.510 e. The van der Waals surface area contributed by atoms with Gasteiger partial charge in [0.25, 0.3) is 0 Å². The van der Waals surface area contributed by atoms with Crippen molar-refractivity contribution < 1.29 is 41.4 Å². The molecule has 3 rings (SSSR count). The Morgan fingerprint density at radius 1 is 0.935 bits per heavy atom. The highest BCUT2D eigenvalue weighted by atomic mass is 19.4. The summed E-state index contributed by atoms with van der Waals surface area (Å²) in [5, 5.41) is 22.0. The lowest BCUT2D eigenvalue weighted by molar-refractivity contribution is -0.143. The summed E-state index contributed by atoms with van der Waals surface area (Å²) in [6.45, 7) is 0. The maximum absolute atomic E-state index is 13.2. The average molecular weight is 447 g/mol. The van der Waals surface area contributed by atoms with E-state index in [0.29, 0.717) is 18.2 Å². The van der Waals surface area contributed by atoms with E-state index in [1.807, 2.05) is 0 Å². The number of aliphatic hydroxyl groups excluding tert-OH is 1. The lowest BCUT2D eigenvalue weighted by Gasteiger charge is -2.14. The van der Waals surface area contributed by atoms with Gasteiger partial charge in [-0.05, 0) is 29.8 Å². The van der Waals surface area contributed by atoms with E-state index in [0.717, 1.165) is 10.8 Å². The number of rotatable bonds is 4. The van der Waals surface area contributed by atoms with Gasteiger partial charge in [-0.3, -0.25) is 9.59 Å². The Morgan fingerprint density at radius 3 is 2.03 bits per heavy atom. The number of aliphatic hydroxyl groups is 1. The first-order chi connectivity index (χ1) is 14.3. The van der Waals surface area contributed by atoms with Crippen LogP contribution in [0.1, 0.15) is 24.0 Å². The highest BCUT2D eigenvalue weighted by molar-refractivity contribution is 5.78. The monoisotopic (exact) mass is 447 g/mol. The summed E-state index contributed by atoms with van der Waals surface area (Å²) < 4.78 is 79.7. The molecule has 0 spiro atoms. The average Bonchev–Trinajstić information content (AvgIpc) is 3.13. The van der Waals surface area contributed by atoms with Crippen LogP contribution in [0.5, 0.6) is 0 Å². The van der Waals surface area contributed by atoms with Crippen molar-refractivity contribution in [3.63, 3.8) is 0 Å². The van der Waals surface area contributed by atoms with E-state index in [1.165, 1.54) is 0 Å². The lowest BCUT2D eigenvalue weighted by Crippen LogP contribution is -2.34. The van der Waals surface area contributed by atoms with Gasteiger partial charge >= 0.3 is 18.3 Å².